The maximum atomic E-state index is 13.4. The van der Waals surface area contributed by atoms with Gasteiger partial charge >= 0.3 is 5.97 Å². The Morgan fingerprint density at radius 2 is 1.67 bits per heavy atom. The van der Waals surface area contributed by atoms with Crippen LogP contribution in [0.4, 0.5) is 11.4 Å². The van der Waals surface area contributed by atoms with Gasteiger partial charge in [0.2, 0.25) is 5.91 Å². The SMILES string of the molecule is CCOC(=O)c1ccc(NC(=O)CN(c2ccc(Cl)cc2C)S(=O)(=O)c2ccccc2)cc1. The number of ether oxygens (including phenoxy) is 1. The lowest BCUT2D eigenvalue weighted by molar-refractivity contribution is -0.114. The van der Waals surface area contributed by atoms with Crippen LogP contribution in [0.2, 0.25) is 5.02 Å². The number of rotatable bonds is 8. The first-order valence-electron chi connectivity index (χ1n) is 10.1. The Balaban J connectivity index is 1.87. The van der Waals surface area contributed by atoms with E-state index in [1.54, 1.807) is 62.4 Å². The van der Waals surface area contributed by atoms with Crippen molar-refractivity contribution in [3.63, 3.8) is 0 Å². The summed E-state index contributed by atoms with van der Waals surface area (Å²) in [6, 6.07) is 18.8. The fraction of sp³-hybridized carbons (Fsp3) is 0.167. The normalized spacial score (nSPS) is 11.0. The van der Waals surface area contributed by atoms with E-state index >= 15 is 0 Å². The number of nitrogens with zero attached hydrogens (tertiary/aromatic N) is 1. The lowest BCUT2D eigenvalue weighted by Crippen LogP contribution is -2.38. The van der Waals surface area contributed by atoms with E-state index in [4.69, 9.17) is 16.3 Å². The van der Waals surface area contributed by atoms with Crippen LogP contribution in [0.1, 0.15) is 22.8 Å². The molecule has 7 nitrogen and oxygen atoms in total. The number of aryl methyl sites for hydroxylation is 1. The van der Waals surface area contributed by atoms with E-state index in [1.165, 1.54) is 24.3 Å². The smallest absolute Gasteiger partial charge is 0.338 e. The summed E-state index contributed by atoms with van der Waals surface area (Å²) in [5, 5.41) is 3.13. The van der Waals surface area contributed by atoms with E-state index in [9.17, 15) is 18.0 Å². The van der Waals surface area contributed by atoms with Crippen molar-refractivity contribution in [2.75, 3.05) is 22.8 Å². The number of carbonyl (C=O) groups excluding carboxylic acids is 2. The minimum absolute atomic E-state index is 0.0611. The Morgan fingerprint density at radius 1 is 1.00 bits per heavy atom. The molecule has 33 heavy (non-hydrogen) atoms. The highest BCUT2D eigenvalue weighted by Gasteiger charge is 2.28. The van der Waals surface area contributed by atoms with Crippen LogP contribution in [0.3, 0.4) is 0 Å². The average molecular weight is 487 g/mol. The zero-order valence-electron chi connectivity index (χ0n) is 18.1. The largest absolute Gasteiger partial charge is 0.462 e. The van der Waals surface area contributed by atoms with Gasteiger partial charge in [0, 0.05) is 10.7 Å². The topological polar surface area (TPSA) is 92.8 Å². The Kier molecular flexibility index (Phi) is 7.73. The summed E-state index contributed by atoms with van der Waals surface area (Å²) in [6.45, 7) is 3.23. The number of nitrogens with one attached hydrogen (secondary N) is 1. The van der Waals surface area contributed by atoms with Crippen LogP contribution in [-0.4, -0.2) is 33.4 Å². The lowest BCUT2D eigenvalue weighted by atomic mass is 10.2. The number of hydrogen-bond acceptors (Lipinski definition) is 5. The molecule has 1 N–H and O–H groups in total. The quantitative estimate of drug-likeness (QED) is 0.467. The molecule has 0 spiro atoms. The van der Waals surface area contributed by atoms with Gasteiger partial charge in [-0.1, -0.05) is 29.8 Å². The molecule has 1 amide bonds. The molecule has 0 fully saturated rings. The molecule has 0 bridgehead atoms. The molecular formula is C24H23ClN2O5S. The molecule has 0 heterocycles. The highest BCUT2D eigenvalue weighted by molar-refractivity contribution is 7.92. The van der Waals surface area contributed by atoms with Crippen molar-refractivity contribution in [2.45, 2.75) is 18.7 Å². The Bertz CT molecular complexity index is 1250. The first-order chi connectivity index (χ1) is 15.7. The molecule has 3 aromatic rings. The molecule has 0 radical (unpaired) electrons. The Labute approximate surface area is 198 Å². The lowest BCUT2D eigenvalue weighted by Gasteiger charge is -2.25. The van der Waals surface area contributed by atoms with Crippen LogP contribution in [0.25, 0.3) is 0 Å². The van der Waals surface area contributed by atoms with E-state index < -0.39 is 28.4 Å². The molecule has 0 saturated carbocycles. The molecular weight excluding hydrogens is 464 g/mol. The van der Waals surface area contributed by atoms with Gasteiger partial charge < -0.3 is 10.1 Å². The van der Waals surface area contributed by atoms with Gasteiger partial charge in [-0.25, -0.2) is 13.2 Å². The first-order valence-corrected chi connectivity index (χ1v) is 11.9. The maximum absolute atomic E-state index is 13.4. The van der Waals surface area contributed by atoms with Gasteiger partial charge in [-0.05, 0) is 74.0 Å². The molecule has 172 valence electrons. The van der Waals surface area contributed by atoms with Crippen molar-refractivity contribution in [1.82, 2.24) is 0 Å². The van der Waals surface area contributed by atoms with E-state index in [2.05, 4.69) is 5.32 Å². The molecule has 0 aromatic heterocycles. The van der Waals surface area contributed by atoms with Gasteiger partial charge in [0.1, 0.15) is 6.54 Å². The van der Waals surface area contributed by atoms with Gasteiger partial charge in [0.25, 0.3) is 10.0 Å². The zero-order chi connectivity index (χ0) is 24.0. The predicted molar refractivity (Wildman–Crippen MR) is 128 cm³/mol. The standard InChI is InChI=1S/C24H23ClN2O5S/c1-3-32-24(29)18-9-12-20(13-10-18)26-23(28)16-27(22-14-11-19(25)15-17(22)2)33(30,31)21-7-5-4-6-8-21/h4-15H,3,16H2,1-2H3,(H,26,28). The molecule has 0 unspecified atom stereocenters. The second-order valence-corrected chi connectivity index (χ2v) is 9.40. The number of benzene rings is 3. The van der Waals surface area contributed by atoms with E-state index in [0.717, 1.165) is 4.31 Å². The molecule has 0 saturated heterocycles. The number of carbonyl (C=O) groups is 2. The minimum atomic E-state index is -4.03. The highest BCUT2D eigenvalue weighted by atomic mass is 35.5. The third-order valence-corrected chi connectivity index (χ3v) is 6.73. The summed E-state index contributed by atoms with van der Waals surface area (Å²) in [6.07, 6.45) is 0. The Hall–Kier alpha value is -3.36. The molecule has 3 rings (SSSR count). The summed E-state index contributed by atoms with van der Waals surface area (Å²) in [7, 11) is -4.03. The van der Waals surface area contributed by atoms with Crippen LogP contribution >= 0.6 is 11.6 Å². The zero-order valence-corrected chi connectivity index (χ0v) is 19.7. The number of halogens is 1. The molecule has 0 aliphatic rings. The van der Waals surface area contributed by atoms with Crippen molar-refractivity contribution < 1.29 is 22.7 Å². The van der Waals surface area contributed by atoms with Gasteiger partial charge in [-0.2, -0.15) is 0 Å². The molecule has 3 aromatic carbocycles. The van der Waals surface area contributed by atoms with E-state index in [0.29, 0.717) is 27.5 Å². The van der Waals surface area contributed by atoms with Crippen molar-refractivity contribution in [2.24, 2.45) is 0 Å². The van der Waals surface area contributed by atoms with Gasteiger partial charge in [-0.15, -0.1) is 0 Å². The van der Waals surface area contributed by atoms with Gasteiger partial charge in [0.05, 0.1) is 22.8 Å². The van der Waals surface area contributed by atoms with E-state index in [1.807, 2.05) is 0 Å². The molecule has 0 aliphatic carbocycles. The Morgan fingerprint density at radius 3 is 2.27 bits per heavy atom. The number of amides is 1. The van der Waals surface area contributed by atoms with Crippen LogP contribution in [0, 0.1) is 6.92 Å². The maximum Gasteiger partial charge on any atom is 0.338 e. The number of hydrogen-bond donors (Lipinski definition) is 1. The molecule has 0 atom stereocenters. The van der Waals surface area contributed by atoms with Crippen LogP contribution in [-0.2, 0) is 19.6 Å². The van der Waals surface area contributed by atoms with Crippen LogP contribution < -0.4 is 9.62 Å². The second kappa shape index (κ2) is 10.5. The third-order valence-electron chi connectivity index (χ3n) is 4.73. The fourth-order valence-corrected chi connectivity index (χ4v) is 4.89. The summed E-state index contributed by atoms with van der Waals surface area (Å²) < 4.78 is 32.8. The van der Waals surface area contributed by atoms with Gasteiger partial charge in [-0.3, -0.25) is 9.10 Å². The number of anilines is 2. The van der Waals surface area contributed by atoms with Crippen LogP contribution in [0.15, 0.2) is 77.7 Å². The fourth-order valence-electron chi connectivity index (χ4n) is 3.15. The summed E-state index contributed by atoms with van der Waals surface area (Å²) in [5.74, 6) is -1.01. The minimum Gasteiger partial charge on any atom is -0.462 e. The average Bonchev–Trinajstić information content (AvgIpc) is 2.79. The van der Waals surface area contributed by atoms with Crippen molar-refractivity contribution in [3.05, 3.63) is 88.9 Å². The third kappa shape index (κ3) is 5.91. The number of sulfonamides is 1. The first kappa shape index (κ1) is 24.3. The highest BCUT2D eigenvalue weighted by Crippen LogP contribution is 2.29. The second-order valence-electron chi connectivity index (χ2n) is 7.10. The number of esters is 1. The van der Waals surface area contributed by atoms with Gasteiger partial charge in [0.15, 0.2) is 0 Å². The molecule has 0 aliphatic heterocycles. The summed E-state index contributed by atoms with van der Waals surface area (Å²) in [5.41, 5.74) is 1.71. The predicted octanol–water partition coefficient (Wildman–Crippen LogP) is 4.66. The van der Waals surface area contributed by atoms with Crippen LogP contribution in [0.5, 0.6) is 0 Å². The van der Waals surface area contributed by atoms with E-state index in [-0.39, 0.29) is 11.5 Å². The molecule has 9 heteroatoms. The van der Waals surface area contributed by atoms with Crippen molar-refractivity contribution in [3.8, 4) is 0 Å². The summed E-state index contributed by atoms with van der Waals surface area (Å²) >= 11 is 6.04. The van der Waals surface area contributed by atoms with Crippen molar-refractivity contribution in [1.29, 1.82) is 0 Å². The summed E-state index contributed by atoms with van der Waals surface area (Å²) in [4.78, 5) is 24.7. The van der Waals surface area contributed by atoms with Crippen molar-refractivity contribution >= 4 is 44.9 Å². The monoisotopic (exact) mass is 486 g/mol.